The highest BCUT2D eigenvalue weighted by atomic mass is 79.9. The zero-order chi connectivity index (χ0) is 11.4. The van der Waals surface area contributed by atoms with Gasteiger partial charge in [-0.1, -0.05) is 15.9 Å². The molecule has 6 heteroatoms. The van der Waals surface area contributed by atoms with Crippen LogP contribution in [0, 0.1) is 13.8 Å². The van der Waals surface area contributed by atoms with Crippen LogP contribution >= 0.6 is 15.9 Å². The number of aromatic nitrogens is 2. The monoisotopic (exact) mass is 273 g/mol. The predicted octanol–water partition coefficient (Wildman–Crippen LogP) is 0.398. The Bertz CT molecular complexity index is 428. The van der Waals surface area contributed by atoms with Gasteiger partial charge in [0.05, 0.1) is 11.0 Å². The van der Waals surface area contributed by atoms with Crippen LogP contribution in [0.5, 0.6) is 0 Å². The van der Waals surface area contributed by atoms with Gasteiger partial charge in [0.15, 0.2) is 0 Å². The van der Waals surface area contributed by atoms with Crippen molar-refractivity contribution in [2.75, 3.05) is 5.33 Å². The summed E-state index contributed by atoms with van der Waals surface area (Å²) >= 11 is 3.03. The first-order chi connectivity index (χ1) is 7.06. The van der Waals surface area contributed by atoms with Gasteiger partial charge >= 0.3 is 0 Å². The molecule has 0 aliphatic carbocycles. The van der Waals surface area contributed by atoms with Crippen LogP contribution in [0.25, 0.3) is 0 Å². The number of hydrogen-bond donors (Lipinski definition) is 2. The lowest BCUT2D eigenvalue weighted by Gasteiger charge is -2.07. The first-order valence-electron chi connectivity index (χ1n) is 4.43. The fourth-order valence-corrected chi connectivity index (χ4v) is 1.32. The molecule has 0 atom stereocenters. The molecule has 1 amide bonds. The maximum absolute atomic E-state index is 11.4. The van der Waals surface area contributed by atoms with Gasteiger partial charge in [-0.05, 0) is 19.4 Å². The van der Waals surface area contributed by atoms with Crippen molar-refractivity contribution in [3.8, 4) is 0 Å². The fourth-order valence-electron chi connectivity index (χ4n) is 1.12. The number of rotatable bonds is 3. The molecule has 1 rings (SSSR count). The molecule has 0 spiro atoms. The molecule has 0 saturated heterocycles. The van der Waals surface area contributed by atoms with Gasteiger partial charge in [0, 0.05) is 12.1 Å². The Balaban J connectivity index is 2.90. The standard InChI is InChI=1S/C9H12BrN3O2/c1-5-6(2)12-13-9(15)7(5)4-11-8(14)3-10/h3-4H2,1-2H3,(H,11,14)(H,13,15). The summed E-state index contributed by atoms with van der Waals surface area (Å²) in [5.41, 5.74) is 1.87. The zero-order valence-corrected chi connectivity index (χ0v) is 10.1. The molecule has 1 heterocycles. The fraction of sp³-hybridized carbons (Fsp3) is 0.444. The zero-order valence-electron chi connectivity index (χ0n) is 8.56. The molecule has 0 aliphatic rings. The number of alkyl halides is 1. The highest BCUT2D eigenvalue weighted by Crippen LogP contribution is 2.04. The van der Waals surface area contributed by atoms with Crippen LogP contribution in [0.4, 0.5) is 0 Å². The van der Waals surface area contributed by atoms with Gasteiger partial charge in [-0.2, -0.15) is 5.10 Å². The Morgan fingerprint density at radius 2 is 2.20 bits per heavy atom. The highest BCUT2D eigenvalue weighted by molar-refractivity contribution is 9.09. The maximum atomic E-state index is 11.4. The van der Waals surface area contributed by atoms with Gasteiger partial charge in [0.25, 0.3) is 5.56 Å². The SMILES string of the molecule is Cc1n[nH]c(=O)c(CNC(=O)CBr)c1C. The second-order valence-corrected chi connectivity index (χ2v) is 3.71. The van der Waals surface area contributed by atoms with Gasteiger partial charge in [-0.25, -0.2) is 5.10 Å². The lowest BCUT2D eigenvalue weighted by Crippen LogP contribution is -2.29. The summed E-state index contributed by atoms with van der Waals surface area (Å²) in [5.74, 6) is -0.150. The van der Waals surface area contributed by atoms with Crippen molar-refractivity contribution < 1.29 is 4.79 Å². The minimum absolute atomic E-state index is 0.150. The van der Waals surface area contributed by atoms with E-state index in [4.69, 9.17) is 0 Å². The average Bonchev–Trinajstić information content (AvgIpc) is 2.23. The molecule has 0 aliphatic heterocycles. The molecule has 2 N–H and O–H groups in total. The molecule has 0 aromatic carbocycles. The summed E-state index contributed by atoms with van der Waals surface area (Å²) in [6.07, 6.45) is 0. The second kappa shape index (κ2) is 5.06. The quantitative estimate of drug-likeness (QED) is 0.783. The van der Waals surface area contributed by atoms with E-state index >= 15 is 0 Å². The minimum Gasteiger partial charge on any atom is -0.351 e. The van der Waals surface area contributed by atoms with Crippen molar-refractivity contribution in [2.24, 2.45) is 0 Å². The van der Waals surface area contributed by atoms with E-state index in [1.807, 2.05) is 6.92 Å². The van der Waals surface area contributed by atoms with E-state index in [9.17, 15) is 9.59 Å². The molecule has 82 valence electrons. The first kappa shape index (κ1) is 11.9. The molecule has 1 aromatic heterocycles. The van der Waals surface area contributed by atoms with Gasteiger partial charge in [0.2, 0.25) is 5.91 Å². The van der Waals surface area contributed by atoms with Crippen LogP contribution in [0.2, 0.25) is 0 Å². The molecule has 0 saturated carbocycles. The number of halogens is 1. The third-order valence-electron chi connectivity index (χ3n) is 2.18. The summed E-state index contributed by atoms with van der Waals surface area (Å²) < 4.78 is 0. The van der Waals surface area contributed by atoms with Gasteiger partial charge in [0.1, 0.15) is 0 Å². The molecular formula is C9H12BrN3O2. The van der Waals surface area contributed by atoms with Crippen molar-refractivity contribution in [2.45, 2.75) is 20.4 Å². The summed E-state index contributed by atoms with van der Waals surface area (Å²) in [5, 5.41) is 9.06. The number of nitrogens with one attached hydrogen (secondary N) is 2. The largest absolute Gasteiger partial charge is 0.351 e. The molecule has 1 aromatic rings. The molecule has 0 unspecified atom stereocenters. The van der Waals surface area contributed by atoms with Crippen LogP contribution < -0.4 is 10.9 Å². The van der Waals surface area contributed by atoms with Crippen molar-refractivity contribution in [1.82, 2.24) is 15.5 Å². The van der Waals surface area contributed by atoms with Crippen LogP contribution in [-0.4, -0.2) is 21.4 Å². The smallest absolute Gasteiger partial charge is 0.269 e. The van der Waals surface area contributed by atoms with Crippen LogP contribution in [0.1, 0.15) is 16.8 Å². The summed E-state index contributed by atoms with van der Waals surface area (Å²) in [6, 6.07) is 0. The number of aromatic amines is 1. The second-order valence-electron chi connectivity index (χ2n) is 3.15. The first-order valence-corrected chi connectivity index (χ1v) is 5.55. The Kier molecular flexibility index (Phi) is 4.02. The highest BCUT2D eigenvalue weighted by Gasteiger charge is 2.08. The van der Waals surface area contributed by atoms with Crippen molar-refractivity contribution in [3.63, 3.8) is 0 Å². The maximum Gasteiger partial charge on any atom is 0.269 e. The summed E-state index contributed by atoms with van der Waals surface area (Å²) in [7, 11) is 0. The van der Waals surface area contributed by atoms with E-state index in [0.717, 1.165) is 11.3 Å². The number of nitrogens with zero attached hydrogens (tertiary/aromatic N) is 1. The van der Waals surface area contributed by atoms with E-state index < -0.39 is 0 Å². The number of aryl methyl sites for hydroxylation is 1. The van der Waals surface area contributed by atoms with E-state index in [1.54, 1.807) is 6.92 Å². The molecule has 0 bridgehead atoms. The Labute approximate surface area is 95.4 Å². The number of H-pyrrole nitrogens is 1. The third kappa shape index (κ3) is 2.89. The number of carbonyl (C=O) groups is 1. The van der Waals surface area contributed by atoms with Crippen LogP contribution in [0.15, 0.2) is 4.79 Å². The summed E-state index contributed by atoms with van der Waals surface area (Å²) in [4.78, 5) is 22.4. The minimum atomic E-state index is -0.257. The topological polar surface area (TPSA) is 74.8 Å². The van der Waals surface area contributed by atoms with E-state index in [2.05, 4.69) is 31.4 Å². The lowest BCUT2D eigenvalue weighted by molar-refractivity contribution is -0.118. The molecule has 0 fully saturated rings. The Morgan fingerprint density at radius 1 is 1.53 bits per heavy atom. The van der Waals surface area contributed by atoms with E-state index in [-0.39, 0.29) is 23.3 Å². The number of amides is 1. The molecule has 0 radical (unpaired) electrons. The van der Waals surface area contributed by atoms with Gasteiger partial charge < -0.3 is 5.32 Å². The van der Waals surface area contributed by atoms with E-state index in [0.29, 0.717) is 5.56 Å². The Morgan fingerprint density at radius 3 is 2.80 bits per heavy atom. The summed E-state index contributed by atoms with van der Waals surface area (Å²) in [6.45, 7) is 3.85. The molecule has 5 nitrogen and oxygen atoms in total. The van der Waals surface area contributed by atoms with Crippen LogP contribution in [-0.2, 0) is 11.3 Å². The number of hydrogen-bond acceptors (Lipinski definition) is 3. The predicted molar refractivity (Wildman–Crippen MR) is 60.0 cm³/mol. The van der Waals surface area contributed by atoms with Crippen molar-refractivity contribution in [1.29, 1.82) is 0 Å². The molecule has 15 heavy (non-hydrogen) atoms. The third-order valence-corrected chi connectivity index (χ3v) is 2.69. The lowest BCUT2D eigenvalue weighted by atomic mass is 10.1. The van der Waals surface area contributed by atoms with Crippen molar-refractivity contribution in [3.05, 3.63) is 27.2 Å². The van der Waals surface area contributed by atoms with Crippen LogP contribution in [0.3, 0.4) is 0 Å². The Hall–Kier alpha value is -1.17. The normalized spacial score (nSPS) is 10.1. The average molecular weight is 274 g/mol. The number of carbonyl (C=O) groups excluding carboxylic acids is 1. The molecular weight excluding hydrogens is 262 g/mol. The van der Waals surface area contributed by atoms with Gasteiger partial charge in [-0.3, -0.25) is 9.59 Å². The van der Waals surface area contributed by atoms with Gasteiger partial charge in [-0.15, -0.1) is 0 Å². The van der Waals surface area contributed by atoms with Crippen molar-refractivity contribution >= 4 is 21.8 Å². The van der Waals surface area contributed by atoms with E-state index in [1.165, 1.54) is 0 Å².